The molecule has 0 atom stereocenters. The van der Waals surface area contributed by atoms with Crippen molar-refractivity contribution < 1.29 is 0 Å². The number of unbranched alkanes of at least 4 members (excludes halogenated alkanes) is 11. The second-order valence-corrected chi connectivity index (χ2v) is 11.1. The van der Waals surface area contributed by atoms with Crippen LogP contribution in [0, 0.1) is 0 Å². The fraction of sp³-hybridized carbons (Fsp3) is 1.00. The summed E-state index contributed by atoms with van der Waals surface area (Å²) < 4.78 is 0. The van der Waals surface area contributed by atoms with Crippen molar-refractivity contribution in [3.05, 3.63) is 0 Å². The van der Waals surface area contributed by atoms with Crippen LogP contribution in [0.1, 0.15) is 84.0 Å². The van der Waals surface area contributed by atoms with Crippen molar-refractivity contribution in [3.8, 4) is 0 Å². The van der Waals surface area contributed by atoms with Crippen molar-refractivity contribution in [1.82, 2.24) is 0 Å². The second-order valence-electron chi connectivity index (χ2n) is 6.63. The lowest BCUT2D eigenvalue weighted by atomic mass is 10.1. The molecule has 2 N–H and O–H groups in total. The first-order chi connectivity index (χ1) is 8.56. The molecule has 1 nitrogen and oxygen atoms in total. The van der Waals surface area contributed by atoms with Gasteiger partial charge in [0.25, 0.3) is 0 Å². The normalized spacial score (nSPS) is 11.4. The van der Waals surface area contributed by atoms with Crippen LogP contribution in [0.4, 0.5) is 0 Å². The highest BCUT2D eigenvalue weighted by atomic mass is 79.9. The van der Waals surface area contributed by atoms with Crippen molar-refractivity contribution in [2.24, 2.45) is 5.40 Å². The Morgan fingerprint density at radius 3 is 1.26 bits per heavy atom. The first kappa shape index (κ1) is 21.9. The van der Waals surface area contributed by atoms with Crippen LogP contribution in [-0.2, 0) is 0 Å². The Morgan fingerprint density at radius 2 is 0.947 bits per heavy atom. The molecule has 0 saturated carbocycles. The van der Waals surface area contributed by atoms with E-state index in [1.807, 2.05) is 0 Å². The average molecular weight is 352 g/mol. The summed E-state index contributed by atoms with van der Waals surface area (Å²) in [4.78, 5) is 0. The Morgan fingerprint density at radius 1 is 0.632 bits per heavy atom. The van der Waals surface area contributed by atoms with E-state index in [0.717, 1.165) is 0 Å². The minimum atomic E-state index is -1.25. The van der Waals surface area contributed by atoms with Crippen molar-refractivity contribution in [3.63, 3.8) is 0 Å². The Kier molecular flexibility index (Phi) is 17.4. The summed E-state index contributed by atoms with van der Waals surface area (Å²) in [7, 11) is -1.25. The van der Waals surface area contributed by atoms with Gasteiger partial charge in [-0.25, -0.2) is 0 Å². The summed E-state index contributed by atoms with van der Waals surface area (Å²) in [6, 6.07) is 1.31. The first-order valence-corrected chi connectivity index (χ1v) is 11.6. The van der Waals surface area contributed by atoms with Gasteiger partial charge in [-0.3, -0.25) is 0 Å². The summed E-state index contributed by atoms with van der Waals surface area (Å²) in [5.74, 6) is 0. The largest absolute Gasteiger partial charge is 0.351 e. The van der Waals surface area contributed by atoms with Crippen molar-refractivity contribution >= 4 is 25.2 Å². The molecule has 0 aliphatic rings. The Labute approximate surface area is 134 Å². The lowest BCUT2D eigenvalue weighted by Crippen LogP contribution is -2.37. The molecule has 0 radical (unpaired) electrons. The third-order valence-electron chi connectivity index (χ3n) is 3.67. The van der Waals surface area contributed by atoms with E-state index < -0.39 is 8.24 Å². The molecular formula is C16H38BrNSi. The van der Waals surface area contributed by atoms with Crippen LogP contribution in [0.15, 0.2) is 0 Å². The molecule has 0 bridgehead atoms. The van der Waals surface area contributed by atoms with Crippen LogP contribution in [-0.4, -0.2) is 8.24 Å². The van der Waals surface area contributed by atoms with Crippen molar-refractivity contribution in [2.45, 2.75) is 103 Å². The van der Waals surface area contributed by atoms with Gasteiger partial charge in [0.05, 0.1) is 0 Å². The minimum absolute atomic E-state index is 0. The summed E-state index contributed by atoms with van der Waals surface area (Å²) in [5, 5.41) is 6.10. The van der Waals surface area contributed by atoms with E-state index in [-0.39, 0.29) is 17.0 Å². The van der Waals surface area contributed by atoms with E-state index in [1.165, 1.54) is 83.1 Å². The van der Waals surface area contributed by atoms with Crippen LogP contribution >= 0.6 is 17.0 Å². The smallest absolute Gasteiger partial charge is 0.116 e. The number of halogens is 1. The maximum Gasteiger partial charge on any atom is 0.116 e. The van der Waals surface area contributed by atoms with E-state index in [0.29, 0.717) is 0 Å². The zero-order valence-electron chi connectivity index (χ0n) is 13.7. The molecule has 0 heterocycles. The van der Waals surface area contributed by atoms with Crippen LogP contribution in [0.5, 0.6) is 0 Å². The molecule has 0 unspecified atom stereocenters. The van der Waals surface area contributed by atoms with Crippen LogP contribution in [0.3, 0.4) is 0 Å². The quantitative estimate of drug-likeness (QED) is 0.300. The standard InChI is InChI=1S/C16H37NSi.BrH/c1-4-5-6-7-8-9-10-11-12-13-14-15-16-18(2,3)17;/h4-17H2,1-3H3;1H. The molecule has 0 spiro atoms. The Balaban J connectivity index is 0. The zero-order chi connectivity index (χ0) is 13.7. The molecule has 0 aromatic rings. The molecule has 0 rings (SSSR count). The second kappa shape index (κ2) is 15.1. The summed E-state index contributed by atoms with van der Waals surface area (Å²) >= 11 is 0. The number of rotatable bonds is 13. The van der Waals surface area contributed by atoms with Gasteiger partial charge in [-0.15, -0.1) is 17.0 Å². The van der Waals surface area contributed by atoms with Gasteiger partial charge < -0.3 is 5.40 Å². The van der Waals surface area contributed by atoms with E-state index in [2.05, 4.69) is 20.0 Å². The Hall–Kier alpha value is 0.657. The van der Waals surface area contributed by atoms with Gasteiger partial charge in [-0.1, -0.05) is 97.1 Å². The third-order valence-corrected chi connectivity index (χ3v) is 5.32. The lowest BCUT2D eigenvalue weighted by Gasteiger charge is -2.14. The third kappa shape index (κ3) is 21.1. The van der Waals surface area contributed by atoms with Crippen molar-refractivity contribution in [2.75, 3.05) is 0 Å². The summed E-state index contributed by atoms with van der Waals surface area (Å²) in [6.45, 7) is 6.82. The molecule has 19 heavy (non-hydrogen) atoms. The molecule has 0 aliphatic carbocycles. The Bertz CT molecular complexity index is 169. The average Bonchev–Trinajstić information content (AvgIpc) is 2.29. The lowest BCUT2D eigenvalue weighted by molar-refractivity contribution is 0.547. The van der Waals surface area contributed by atoms with Crippen molar-refractivity contribution in [1.29, 1.82) is 0 Å². The number of hydrogen-bond donors (Lipinski definition) is 1. The molecule has 0 aliphatic heterocycles. The van der Waals surface area contributed by atoms with Gasteiger partial charge in [0.2, 0.25) is 0 Å². The van der Waals surface area contributed by atoms with Gasteiger partial charge in [0, 0.05) is 0 Å². The maximum absolute atomic E-state index is 6.10. The van der Waals surface area contributed by atoms with Gasteiger partial charge in [0.1, 0.15) is 8.24 Å². The zero-order valence-corrected chi connectivity index (χ0v) is 16.4. The van der Waals surface area contributed by atoms with E-state index in [1.54, 1.807) is 0 Å². The first-order valence-electron chi connectivity index (χ1n) is 8.35. The molecule has 0 fully saturated rings. The monoisotopic (exact) mass is 351 g/mol. The topological polar surface area (TPSA) is 26.0 Å². The van der Waals surface area contributed by atoms with E-state index in [4.69, 9.17) is 5.40 Å². The summed E-state index contributed by atoms with van der Waals surface area (Å²) in [5.41, 5.74) is 0. The molecule has 0 aromatic heterocycles. The highest BCUT2D eigenvalue weighted by Crippen LogP contribution is 2.14. The van der Waals surface area contributed by atoms with Gasteiger partial charge in [0.15, 0.2) is 0 Å². The van der Waals surface area contributed by atoms with Gasteiger partial charge >= 0.3 is 0 Å². The molecule has 0 saturated heterocycles. The number of nitrogens with two attached hydrogens (primary N) is 1. The molecule has 0 aromatic carbocycles. The number of hydrogen-bond acceptors (Lipinski definition) is 1. The van der Waals surface area contributed by atoms with Gasteiger partial charge in [-0.05, 0) is 6.04 Å². The SMILES string of the molecule is Br.CCCCCCCCCCCCCC[Si](C)(C)N. The molecule has 118 valence electrons. The van der Waals surface area contributed by atoms with Crippen LogP contribution < -0.4 is 5.40 Å². The van der Waals surface area contributed by atoms with Gasteiger partial charge in [-0.2, -0.15) is 0 Å². The fourth-order valence-corrected chi connectivity index (χ4v) is 3.58. The molecule has 0 amide bonds. The highest BCUT2D eigenvalue weighted by molar-refractivity contribution is 8.93. The van der Waals surface area contributed by atoms with Crippen LogP contribution in [0.25, 0.3) is 0 Å². The van der Waals surface area contributed by atoms with Crippen LogP contribution in [0.2, 0.25) is 19.1 Å². The highest BCUT2D eigenvalue weighted by Gasteiger charge is 2.12. The minimum Gasteiger partial charge on any atom is -0.351 e. The maximum atomic E-state index is 6.10. The molecule has 3 heteroatoms. The van der Waals surface area contributed by atoms with E-state index >= 15 is 0 Å². The predicted octanol–water partition coefficient (Wildman–Crippen LogP) is 6.43. The summed E-state index contributed by atoms with van der Waals surface area (Å²) in [6.07, 6.45) is 17.2. The molecular weight excluding hydrogens is 314 g/mol. The fourth-order valence-electron chi connectivity index (χ4n) is 2.42. The predicted molar refractivity (Wildman–Crippen MR) is 97.9 cm³/mol. The van der Waals surface area contributed by atoms with E-state index in [9.17, 15) is 0 Å².